The Bertz CT molecular complexity index is 204. The Morgan fingerprint density at radius 1 is 0.652 bits per heavy atom. The van der Waals surface area contributed by atoms with E-state index < -0.39 is 0 Å². The van der Waals surface area contributed by atoms with Crippen LogP contribution >= 0.6 is 0 Å². The molecule has 0 rings (SSSR count). The average Bonchev–Trinajstić information content (AvgIpc) is 2.54. The fourth-order valence-electron chi connectivity index (χ4n) is 3.24. The SMILES string of the molecule is CCCC(CCC)COC(CCCN)OCC(CCC)CCC. The van der Waals surface area contributed by atoms with Gasteiger partial charge in [-0.3, -0.25) is 0 Å². The lowest BCUT2D eigenvalue weighted by Gasteiger charge is -2.24. The second kappa shape index (κ2) is 16.7. The lowest BCUT2D eigenvalue weighted by Crippen LogP contribution is -2.25. The van der Waals surface area contributed by atoms with Crippen LogP contribution in [0.4, 0.5) is 0 Å². The van der Waals surface area contributed by atoms with Crippen molar-refractivity contribution in [1.29, 1.82) is 0 Å². The standard InChI is InChI=1S/C20H43NO2/c1-5-10-18(11-6-2)16-22-20(14-9-15-21)23-17-19(12-7-3)13-8-4/h18-20H,5-17,21H2,1-4H3. The summed E-state index contributed by atoms with van der Waals surface area (Å²) in [6.07, 6.45) is 11.8. The quantitative estimate of drug-likeness (QED) is 0.357. The molecule has 0 aliphatic heterocycles. The van der Waals surface area contributed by atoms with Crippen molar-refractivity contribution in [2.24, 2.45) is 17.6 Å². The minimum absolute atomic E-state index is 0.0639. The summed E-state index contributed by atoms with van der Waals surface area (Å²) in [5.74, 6) is 1.35. The van der Waals surface area contributed by atoms with Gasteiger partial charge in [-0.2, -0.15) is 0 Å². The molecule has 0 aliphatic carbocycles. The highest BCUT2D eigenvalue weighted by atomic mass is 16.7. The third-order valence-electron chi connectivity index (χ3n) is 4.47. The smallest absolute Gasteiger partial charge is 0.157 e. The minimum Gasteiger partial charge on any atom is -0.352 e. The van der Waals surface area contributed by atoms with E-state index in [9.17, 15) is 0 Å². The molecule has 3 heteroatoms. The summed E-state index contributed by atoms with van der Waals surface area (Å²) in [5, 5.41) is 0. The van der Waals surface area contributed by atoms with Crippen molar-refractivity contribution in [3.05, 3.63) is 0 Å². The summed E-state index contributed by atoms with van der Waals surface area (Å²) in [6.45, 7) is 11.4. The van der Waals surface area contributed by atoms with Crippen LogP contribution in [0.5, 0.6) is 0 Å². The van der Waals surface area contributed by atoms with Gasteiger partial charge < -0.3 is 15.2 Å². The first-order valence-corrected chi connectivity index (χ1v) is 10.1. The van der Waals surface area contributed by atoms with Crippen LogP contribution in [-0.2, 0) is 9.47 Å². The van der Waals surface area contributed by atoms with E-state index in [2.05, 4.69) is 27.7 Å². The van der Waals surface area contributed by atoms with Crippen LogP contribution in [0.15, 0.2) is 0 Å². The van der Waals surface area contributed by atoms with Crippen molar-refractivity contribution in [2.75, 3.05) is 19.8 Å². The maximum atomic E-state index is 6.14. The maximum Gasteiger partial charge on any atom is 0.157 e. The molecule has 0 amide bonds. The summed E-state index contributed by atoms with van der Waals surface area (Å²) >= 11 is 0. The van der Waals surface area contributed by atoms with E-state index in [0.29, 0.717) is 18.4 Å². The minimum atomic E-state index is -0.0639. The van der Waals surface area contributed by atoms with E-state index in [-0.39, 0.29) is 6.29 Å². The molecular formula is C20H43NO2. The molecular weight excluding hydrogens is 286 g/mol. The Kier molecular flexibility index (Phi) is 16.6. The zero-order valence-corrected chi connectivity index (χ0v) is 16.3. The monoisotopic (exact) mass is 329 g/mol. The van der Waals surface area contributed by atoms with Gasteiger partial charge in [0.1, 0.15) is 0 Å². The number of hydrogen-bond acceptors (Lipinski definition) is 3. The van der Waals surface area contributed by atoms with Crippen molar-refractivity contribution < 1.29 is 9.47 Å². The summed E-state index contributed by atoms with van der Waals surface area (Å²) in [6, 6.07) is 0. The van der Waals surface area contributed by atoms with Crippen molar-refractivity contribution in [2.45, 2.75) is 98.2 Å². The third kappa shape index (κ3) is 12.9. The molecule has 0 unspecified atom stereocenters. The third-order valence-corrected chi connectivity index (χ3v) is 4.47. The number of ether oxygens (including phenoxy) is 2. The van der Waals surface area contributed by atoms with Crippen LogP contribution in [0, 0.1) is 11.8 Å². The van der Waals surface area contributed by atoms with E-state index in [1.807, 2.05) is 0 Å². The molecule has 0 saturated heterocycles. The van der Waals surface area contributed by atoms with E-state index in [1.54, 1.807) is 0 Å². The Balaban J connectivity index is 4.31. The van der Waals surface area contributed by atoms with Gasteiger partial charge in [0.15, 0.2) is 6.29 Å². The van der Waals surface area contributed by atoms with Gasteiger partial charge in [0.2, 0.25) is 0 Å². The van der Waals surface area contributed by atoms with Gasteiger partial charge in [-0.25, -0.2) is 0 Å². The zero-order valence-electron chi connectivity index (χ0n) is 16.3. The molecule has 0 aliphatic rings. The van der Waals surface area contributed by atoms with Crippen LogP contribution in [-0.4, -0.2) is 26.0 Å². The fourth-order valence-corrected chi connectivity index (χ4v) is 3.24. The first-order chi connectivity index (χ1) is 11.2. The summed E-state index contributed by atoms with van der Waals surface area (Å²) < 4.78 is 12.3. The van der Waals surface area contributed by atoms with Gasteiger partial charge >= 0.3 is 0 Å². The van der Waals surface area contributed by atoms with Crippen LogP contribution in [0.1, 0.15) is 91.9 Å². The van der Waals surface area contributed by atoms with Gasteiger partial charge in [0.05, 0.1) is 13.2 Å². The molecule has 0 bridgehead atoms. The summed E-state index contributed by atoms with van der Waals surface area (Å²) in [7, 11) is 0. The lowest BCUT2D eigenvalue weighted by atomic mass is 9.99. The highest BCUT2D eigenvalue weighted by Gasteiger charge is 2.16. The number of rotatable bonds is 17. The number of hydrogen-bond donors (Lipinski definition) is 1. The molecule has 2 N–H and O–H groups in total. The van der Waals surface area contributed by atoms with Crippen molar-refractivity contribution in [1.82, 2.24) is 0 Å². The van der Waals surface area contributed by atoms with Crippen LogP contribution in [0.2, 0.25) is 0 Å². The first kappa shape index (κ1) is 22.9. The molecule has 0 atom stereocenters. The Morgan fingerprint density at radius 3 is 1.35 bits per heavy atom. The zero-order chi connectivity index (χ0) is 17.3. The van der Waals surface area contributed by atoms with Gasteiger partial charge in [-0.05, 0) is 56.9 Å². The van der Waals surface area contributed by atoms with Crippen molar-refractivity contribution >= 4 is 0 Å². The average molecular weight is 330 g/mol. The molecule has 0 radical (unpaired) electrons. The van der Waals surface area contributed by atoms with E-state index in [1.165, 1.54) is 51.4 Å². The Morgan fingerprint density at radius 2 is 1.04 bits per heavy atom. The topological polar surface area (TPSA) is 44.5 Å². The molecule has 0 aromatic rings. The van der Waals surface area contributed by atoms with Crippen LogP contribution in [0.25, 0.3) is 0 Å². The second-order valence-electron chi connectivity index (χ2n) is 6.91. The summed E-state index contributed by atoms with van der Waals surface area (Å²) in [5.41, 5.74) is 5.67. The van der Waals surface area contributed by atoms with Gasteiger partial charge in [-0.1, -0.05) is 53.4 Å². The highest BCUT2D eigenvalue weighted by molar-refractivity contribution is 4.61. The molecule has 140 valence electrons. The molecule has 0 aromatic carbocycles. The van der Waals surface area contributed by atoms with E-state index in [0.717, 1.165) is 26.1 Å². The first-order valence-electron chi connectivity index (χ1n) is 10.1. The molecule has 0 spiro atoms. The van der Waals surface area contributed by atoms with Crippen molar-refractivity contribution in [3.8, 4) is 0 Å². The van der Waals surface area contributed by atoms with Crippen LogP contribution < -0.4 is 5.73 Å². The normalized spacial score (nSPS) is 12.0. The van der Waals surface area contributed by atoms with Gasteiger partial charge in [0.25, 0.3) is 0 Å². The highest BCUT2D eigenvalue weighted by Crippen LogP contribution is 2.19. The molecule has 0 fully saturated rings. The van der Waals surface area contributed by atoms with Gasteiger partial charge in [-0.15, -0.1) is 0 Å². The lowest BCUT2D eigenvalue weighted by molar-refractivity contribution is -0.162. The molecule has 0 saturated carbocycles. The second-order valence-corrected chi connectivity index (χ2v) is 6.91. The van der Waals surface area contributed by atoms with Gasteiger partial charge in [0, 0.05) is 0 Å². The Hall–Kier alpha value is -0.120. The molecule has 3 nitrogen and oxygen atoms in total. The molecule has 0 aromatic heterocycles. The Labute approximate surface area is 145 Å². The maximum absolute atomic E-state index is 6.14. The fraction of sp³-hybridized carbons (Fsp3) is 1.00. The van der Waals surface area contributed by atoms with E-state index >= 15 is 0 Å². The molecule has 0 heterocycles. The predicted octanol–water partition coefficient (Wildman–Crippen LogP) is 5.52. The van der Waals surface area contributed by atoms with Crippen LogP contribution in [0.3, 0.4) is 0 Å². The largest absolute Gasteiger partial charge is 0.352 e. The van der Waals surface area contributed by atoms with Crippen molar-refractivity contribution in [3.63, 3.8) is 0 Å². The van der Waals surface area contributed by atoms with E-state index in [4.69, 9.17) is 15.2 Å². The predicted molar refractivity (Wildman–Crippen MR) is 101 cm³/mol. The number of nitrogens with two attached hydrogens (primary N) is 1. The molecule has 23 heavy (non-hydrogen) atoms. The summed E-state index contributed by atoms with van der Waals surface area (Å²) in [4.78, 5) is 0.